The van der Waals surface area contributed by atoms with Crippen molar-refractivity contribution in [2.45, 2.75) is 45.9 Å². The first kappa shape index (κ1) is 25.8. The zero-order valence-electron chi connectivity index (χ0n) is 20.1. The summed E-state index contributed by atoms with van der Waals surface area (Å²) in [5.41, 5.74) is 1.64. The van der Waals surface area contributed by atoms with E-state index in [0.29, 0.717) is 23.7 Å². The first-order valence-electron chi connectivity index (χ1n) is 10.9. The molecule has 0 aliphatic carbocycles. The summed E-state index contributed by atoms with van der Waals surface area (Å²) in [6.45, 7) is 5.85. The average molecular weight is 459 g/mol. The molecule has 8 nitrogen and oxygen atoms in total. The Balaban J connectivity index is 2.10. The van der Waals surface area contributed by atoms with Gasteiger partial charge in [0, 0.05) is 0 Å². The highest BCUT2D eigenvalue weighted by molar-refractivity contribution is 5.86. The van der Waals surface area contributed by atoms with Crippen molar-refractivity contribution in [1.82, 2.24) is 10.6 Å². The minimum Gasteiger partial charge on any atom is -0.493 e. The fourth-order valence-corrected chi connectivity index (χ4v) is 3.33. The van der Waals surface area contributed by atoms with E-state index in [1.165, 1.54) is 21.3 Å². The number of nitrogens with one attached hydrogen (secondary N) is 2. The smallest absolute Gasteiger partial charge is 0.408 e. The van der Waals surface area contributed by atoms with Crippen LogP contribution in [0.5, 0.6) is 17.2 Å². The van der Waals surface area contributed by atoms with Crippen LogP contribution in [0.1, 0.15) is 44.4 Å². The molecule has 180 valence electrons. The third kappa shape index (κ3) is 7.03. The van der Waals surface area contributed by atoms with Gasteiger partial charge < -0.3 is 29.6 Å². The molecule has 0 aliphatic rings. The fourth-order valence-electron chi connectivity index (χ4n) is 3.33. The standard InChI is InChI=1S/C25H34N2O6/c1-7-16(2)22(27-25(29)33-15-18-11-9-8-10-12-18)24(28)26-17(3)19-13-20(30-4)23(32-6)21(14-19)31-5/h8-14,16-17,22H,7,15H2,1-6H3,(H,26,28)(H,27,29)/t16-,17?,22-/m0/s1. The molecule has 0 fully saturated rings. The second kappa shape index (κ2) is 12.6. The molecule has 0 saturated heterocycles. The van der Waals surface area contributed by atoms with E-state index in [4.69, 9.17) is 18.9 Å². The normalized spacial score (nSPS) is 13.3. The molecule has 1 unspecified atom stereocenters. The van der Waals surface area contributed by atoms with Crippen LogP contribution in [-0.4, -0.2) is 39.4 Å². The Labute approximate surface area is 195 Å². The third-order valence-electron chi connectivity index (χ3n) is 5.53. The van der Waals surface area contributed by atoms with Crippen molar-refractivity contribution in [3.63, 3.8) is 0 Å². The molecular formula is C25H34N2O6. The second-order valence-corrected chi connectivity index (χ2v) is 7.76. The zero-order chi connectivity index (χ0) is 24.4. The number of alkyl carbamates (subject to hydrolysis) is 1. The summed E-state index contributed by atoms with van der Waals surface area (Å²) in [4.78, 5) is 25.5. The summed E-state index contributed by atoms with van der Waals surface area (Å²) in [5, 5.41) is 5.68. The summed E-state index contributed by atoms with van der Waals surface area (Å²) in [7, 11) is 4.60. The molecule has 0 radical (unpaired) electrons. The second-order valence-electron chi connectivity index (χ2n) is 7.76. The molecule has 0 heterocycles. The molecule has 33 heavy (non-hydrogen) atoms. The monoisotopic (exact) mass is 458 g/mol. The van der Waals surface area contributed by atoms with Crippen LogP contribution in [0.3, 0.4) is 0 Å². The van der Waals surface area contributed by atoms with Gasteiger partial charge in [-0.3, -0.25) is 4.79 Å². The highest BCUT2D eigenvalue weighted by atomic mass is 16.5. The maximum atomic E-state index is 13.1. The van der Waals surface area contributed by atoms with Gasteiger partial charge in [-0.2, -0.15) is 0 Å². The van der Waals surface area contributed by atoms with Crippen LogP contribution in [0.2, 0.25) is 0 Å². The maximum Gasteiger partial charge on any atom is 0.408 e. The number of carbonyl (C=O) groups excluding carboxylic acids is 2. The van der Waals surface area contributed by atoms with Crippen molar-refractivity contribution in [3.05, 3.63) is 53.6 Å². The number of amides is 2. The van der Waals surface area contributed by atoms with Crippen LogP contribution >= 0.6 is 0 Å². The molecule has 2 amide bonds. The van der Waals surface area contributed by atoms with Crippen molar-refractivity contribution in [3.8, 4) is 17.2 Å². The molecule has 2 rings (SSSR count). The molecule has 3 atom stereocenters. The SMILES string of the molecule is CC[C@H](C)[C@H](NC(=O)OCc1ccccc1)C(=O)NC(C)c1cc(OC)c(OC)c(OC)c1. The first-order valence-corrected chi connectivity index (χ1v) is 10.9. The zero-order valence-corrected chi connectivity index (χ0v) is 20.1. The van der Waals surface area contributed by atoms with E-state index in [1.807, 2.05) is 51.1 Å². The lowest BCUT2D eigenvalue weighted by atomic mass is 9.97. The molecular weight excluding hydrogens is 424 g/mol. The van der Waals surface area contributed by atoms with Crippen molar-refractivity contribution in [2.24, 2.45) is 5.92 Å². The third-order valence-corrected chi connectivity index (χ3v) is 5.53. The average Bonchev–Trinajstić information content (AvgIpc) is 2.84. The van der Waals surface area contributed by atoms with E-state index in [9.17, 15) is 9.59 Å². The number of rotatable bonds is 11. The number of carbonyl (C=O) groups is 2. The van der Waals surface area contributed by atoms with E-state index >= 15 is 0 Å². The first-order chi connectivity index (χ1) is 15.8. The van der Waals surface area contributed by atoms with Crippen LogP contribution in [-0.2, 0) is 16.1 Å². The van der Waals surface area contributed by atoms with Crippen LogP contribution < -0.4 is 24.8 Å². The van der Waals surface area contributed by atoms with Crippen LogP contribution in [0.15, 0.2) is 42.5 Å². The van der Waals surface area contributed by atoms with Crippen LogP contribution in [0, 0.1) is 5.92 Å². The van der Waals surface area contributed by atoms with E-state index in [1.54, 1.807) is 12.1 Å². The van der Waals surface area contributed by atoms with Crippen molar-refractivity contribution in [2.75, 3.05) is 21.3 Å². The summed E-state index contributed by atoms with van der Waals surface area (Å²) >= 11 is 0. The van der Waals surface area contributed by atoms with Gasteiger partial charge in [-0.05, 0) is 36.1 Å². The largest absolute Gasteiger partial charge is 0.493 e. The fraction of sp³-hybridized carbons (Fsp3) is 0.440. The highest BCUT2D eigenvalue weighted by Gasteiger charge is 2.28. The topological polar surface area (TPSA) is 95.1 Å². The summed E-state index contributed by atoms with van der Waals surface area (Å²) < 4.78 is 21.5. The van der Waals surface area contributed by atoms with Crippen LogP contribution in [0.25, 0.3) is 0 Å². The Morgan fingerprint density at radius 1 is 0.909 bits per heavy atom. The molecule has 2 aromatic carbocycles. The lowest BCUT2D eigenvalue weighted by Crippen LogP contribution is -2.50. The van der Waals surface area contributed by atoms with E-state index in [0.717, 1.165) is 11.1 Å². The van der Waals surface area contributed by atoms with E-state index < -0.39 is 12.1 Å². The van der Waals surface area contributed by atoms with Gasteiger partial charge in [0.1, 0.15) is 12.6 Å². The predicted octanol–water partition coefficient (Wildman–Crippen LogP) is 4.23. The molecule has 0 spiro atoms. The Morgan fingerprint density at radius 2 is 1.52 bits per heavy atom. The van der Waals surface area contributed by atoms with Gasteiger partial charge in [-0.15, -0.1) is 0 Å². The molecule has 2 aromatic rings. The number of ether oxygens (including phenoxy) is 4. The molecule has 0 aliphatic heterocycles. The predicted molar refractivity (Wildman–Crippen MR) is 126 cm³/mol. The Morgan fingerprint density at radius 3 is 2.03 bits per heavy atom. The van der Waals surface area contributed by atoms with E-state index in [-0.39, 0.29) is 24.5 Å². The highest BCUT2D eigenvalue weighted by Crippen LogP contribution is 2.39. The molecule has 8 heteroatoms. The maximum absolute atomic E-state index is 13.1. The van der Waals surface area contributed by atoms with Crippen molar-refractivity contribution in [1.29, 1.82) is 0 Å². The minimum atomic E-state index is -0.747. The number of methoxy groups -OCH3 is 3. The van der Waals surface area contributed by atoms with E-state index in [2.05, 4.69) is 10.6 Å². The molecule has 2 N–H and O–H groups in total. The van der Waals surface area contributed by atoms with Gasteiger partial charge in [0.15, 0.2) is 11.5 Å². The van der Waals surface area contributed by atoms with Gasteiger partial charge in [-0.1, -0.05) is 50.6 Å². The summed E-state index contributed by atoms with van der Waals surface area (Å²) in [6, 6.07) is 11.8. The van der Waals surface area contributed by atoms with Crippen molar-refractivity contribution < 1.29 is 28.5 Å². The summed E-state index contributed by atoms with van der Waals surface area (Å²) in [5.74, 6) is 1.06. The molecule has 0 saturated carbocycles. The number of benzene rings is 2. The number of hydrogen-bond acceptors (Lipinski definition) is 6. The molecule has 0 bridgehead atoms. The quantitative estimate of drug-likeness (QED) is 0.523. The van der Waals surface area contributed by atoms with Gasteiger partial charge in [-0.25, -0.2) is 4.79 Å². The van der Waals surface area contributed by atoms with Gasteiger partial charge in [0.05, 0.1) is 27.4 Å². The van der Waals surface area contributed by atoms with Gasteiger partial charge in [0.25, 0.3) is 0 Å². The number of hydrogen-bond donors (Lipinski definition) is 2. The van der Waals surface area contributed by atoms with Crippen LogP contribution in [0.4, 0.5) is 4.79 Å². The van der Waals surface area contributed by atoms with Crippen molar-refractivity contribution >= 4 is 12.0 Å². The van der Waals surface area contributed by atoms with Gasteiger partial charge >= 0.3 is 6.09 Å². The summed E-state index contributed by atoms with van der Waals surface area (Å²) in [6.07, 6.45) is 0.0649. The Kier molecular flexibility index (Phi) is 9.84. The van der Waals surface area contributed by atoms with Gasteiger partial charge in [0.2, 0.25) is 11.7 Å². The molecule has 0 aromatic heterocycles. The lowest BCUT2D eigenvalue weighted by molar-refractivity contribution is -0.124. The minimum absolute atomic E-state index is 0.0959. The Hall–Kier alpha value is -3.42. The Bertz CT molecular complexity index is 893. The lowest BCUT2D eigenvalue weighted by Gasteiger charge is -2.26.